The number of Topliss-reactive ketones (excluding diaryl/α,β-unsaturated/α-hetero) is 1. The monoisotopic (exact) mass is 450 g/mol. The lowest BCUT2D eigenvalue weighted by molar-refractivity contribution is -0.146. The van der Waals surface area contributed by atoms with Crippen LogP contribution in [0.25, 0.3) is 5.69 Å². The second-order valence-corrected chi connectivity index (χ2v) is 8.12. The van der Waals surface area contributed by atoms with Gasteiger partial charge in [-0.15, -0.1) is 11.8 Å². The molecule has 27 heavy (non-hydrogen) atoms. The minimum Gasteiger partial charge on any atom is -0.456 e. The normalized spacial score (nSPS) is 13.9. The van der Waals surface area contributed by atoms with E-state index in [1.54, 1.807) is 6.07 Å². The van der Waals surface area contributed by atoms with E-state index in [-0.39, 0.29) is 24.8 Å². The molecule has 0 bridgehead atoms. The van der Waals surface area contributed by atoms with Crippen LogP contribution in [-0.2, 0) is 14.3 Å². The Morgan fingerprint density at radius 3 is 2.70 bits per heavy atom. The van der Waals surface area contributed by atoms with Gasteiger partial charge in [0.15, 0.2) is 6.61 Å². The van der Waals surface area contributed by atoms with Crippen LogP contribution in [0.5, 0.6) is 0 Å². The third-order valence-electron chi connectivity index (χ3n) is 4.31. The van der Waals surface area contributed by atoms with Gasteiger partial charge in [-0.1, -0.05) is 22.0 Å². The molecule has 0 saturated carbocycles. The molecule has 142 valence electrons. The third-order valence-corrected chi connectivity index (χ3v) is 5.75. The van der Waals surface area contributed by atoms with Gasteiger partial charge >= 0.3 is 5.97 Å². The number of ketones is 1. The van der Waals surface area contributed by atoms with Crippen LogP contribution in [0.15, 0.2) is 34.8 Å². The number of thioether (sulfide) groups is 1. The first kappa shape index (κ1) is 19.7. The van der Waals surface area contributed by atoms with Crippen molar-refractivity contribution in [2.24, 2.45) is 0 Å². The fourth-order valence-electron chi connectivity index (χ4n) is 3.02. The van der Waals surface area contributed by atoms with Crippen LogP contribution < -0.4 is 0 Å². The molecule has 0 spiro atoms. The number of carbonyl (C=O) groups excluding carboxylic acids is 3. The maximum atomic E-state index is 12.6. The van der Waals surface area contributed by atoms with E-state index < -0.39 is 5.97 Å². The second-order valence-electron chi connectivity index (χ2n) is 6.25. The van der Waals surface area contributed by atoms with Crippen molar-refractivity contribution in [2.45, 2.75) is 13.8 Å². The highest BCUT2D eigenvalue weighted by molar-refractivity contribution is 9.10. The zero-order chi connectivity index (χ0) is 19.6. The predicted octanol–water partition coefficient (Wildman–Crippen LogP) is 3.12. The van der Waals surface area contributed by atoms with Crippen molar-refractivity contribution < 1.29 is 19.1 Å². The minimum absolute atomic E-state index is 0.0826. The standard InChI is InChI=1S/C19H19BrN2O4S/c1-12-6-16(13(2)22(12)15-5-3-4-14(20)7-15)17(23)9-26-19(25)8-21-11-27-10-18(21)24/h3-7H,8-11H2,1-2H3. The lowest BCUT2D eigenvalue weighted by Gasteiger charge is -2.13. The summed E-state index contributed by atoms with van der Waals surface area (Å²) in [5.74, 6) is -0.0515. The highest BCUT2D eigenvalue weighted by Crippen LogP contribution is 2.23. The third kappa shape index (κ3) is 4.44. The van der Waals surface area contributed by atoms with Crippen LogP contribution in [0.4, 0.5) is 0 Å². The molecule has 1 amide bonds. The molecular formula is C19H19BrN2O4S. The van der Waals surface area contributed by atoms with Crippen molar-refractivity contribution in [3.63, 3.8) is 0 Å². The number of aromatic nitrogens is 1. The summed E-state index contributed by atoms with van der Waals surface area (Å²) in [6.07, 6.45) is 0. The molecule has 6 nitrogen and oxygen atoms in total. The molecule has 1 aliphatic rings. The van der Waals surface area contributed by atoms with Crippen LogP contribution in [-0.4, -0.2) is 51.9 Å². The maximum Gasteiger partial charge on any atom is 0.326 e. The summed E-state index contributed by atoms with van der Waals surface area (Å²) in [6, 6.07) is 9.60. The van der Waals surface area contributed by atoms with E-state index in [9.17, 15) is 14.4 Å². The van der Waals surface area contributed by atoms with Crippen molar-refractivity contribution in [3.05, 3.63) is 51.8 Å². The summed E-state index contributed by atoms with van der Waals surface area (Å²) in [7, 11) is 0. The van der Waals surface area contributed by atoms with Crippen LogP contribution in [0.1, 0.15) is 21.7 Å². The molecule has 3 rings (SSSR count). The molecule has 0 radical (unpaired) electrons. The van der Waals surface area contributed by atoms with E-state index >= 15 is 0 Å². The molecule has 1 aliphatic heterocycles. The van der Waals surface area contributed by atoms with Gasteiger partial charge < -0.3 is 14.2 Å². The van der Waals surface area contributed by atoms with E-state index in [1.165, 1.54) is 16.7 Å². The van der Waals surface area contributed by atoms with Crippen molar-refractivity contribution in [1.82, 2.24) is 9.47 Å². The van der Waals surface area contributed by atoms with Crippen molar-refractivity contribution >= 4 is 45.4 Å². The predicted molar refractivity (Wildman–Crippen MR) is 107 cm³/mol. The lowest BCUT2D eigenvalue weighted by atomic mass is 10.1. The quantitative estimate of drug-likeness (QED) is 0.499. The van der Waals surface area contributed by atoms with Gasteiger partial charge in [-0.2, -0.15) is 0 Å². The Balaban J connectivity index is 1.68. The molecule has 0 N–H and O–H groups in total. The zero-order valence-electron chi connectivity index (χ0n) is 15.0. The summed E-state index contributed by atoms with van der Waals surface area (Å²) in [4.78, 5) is 37.4. The minimum atomic E-state index is -0.569. The Hall–Kier alpha value is -2.06. The van der Waals surface area contributed by atoms with Crippen LogP contribution in [0.2, 0.25) is 0 Å². The van der Waals surface area contributed by atoms with Gasteiger partial charge in [-0.25, -0.2) is 0 Å². The first-order valence-corrected chi connectivity index (χ1v) is 10.3. The number of amides is 1. The van der Waals surface area contributed by atoms with Gasteiger partial charge in [-0.3, -0.25) is 14.4 Å². The Bertz CT molecular complexity index is 909. The fraction of sp³-hybridized carbons (Fsp3) is 0.316. The smallest absolute Gasteiger partial charge is 0.326 e. The van der Waals surface area contributed by atoms with Gasteiger partial charge in [0, 0.05) is 27.1 Å². The largest absolute Gasteiger partial charge is 0.456 e. The number of nitrogens with zero attached hydrogens (tertiary/aromatic N) is 2. The number of rotatable bonds is 6. The van der Waals surface area contributed by atoms with E-state index in [4.69, 9.17) is 4.74 Å². The first-order valence-electron chi connectivity index (χ1n) is 8.36. The first-order chi connectivity index (χ1) is 12.9. The summed E-state index contributed by atoms with van der Waals surface area (Å²) in [6.45, 7) is 3.34. The van der Waals surface area contributed by atoms with Crippen LogP contribution in [0, 0.1) is 13.8 Å². The molecule has 2 aromatic rings. The molecule has 1 aromatic carbocycles. The van der Waals surface area contributed by atoms with Crippen molar-refractivity contribution in [3.8, 4) is 5.69 Å². The number of halogens is 1. The molecule has 1 aromatic heterocycles. The molecule has 1 saturated heterocycles. The number of carbonyl (C=O) groups is 3. The Labute approximate surface area is 170 Å². The van der Waals surface area contributed by atoms with Crippen molar-refractivity contribution in [2.75, 3.05) is 24.8 Å². The number of esters is 1. The fourth-order valence-corrected chi connectivity index (χ4v) is 4.31. The van der Waals surface area contributed by atoms with Gasteiger partial charge in [-0.05, 0) is 38.1 Å². The van der Waals surface area contributed by atoms with Crippen LogP contribution >= 0.6 is 27.7 Å². The number of hydrogen-bond donors (Lipinski definition) is 0. The lowest BCUT2D eigenvalue weighted by Crippen LogP contribution is -2.33. The number of ether oxygens (including phenoxy) is 1. The van der Waals surface area contributed by atoms with E-state index in [1.807, 2.05) is 42.7 Å². The molecule has 2 heterocycles. The van der Waals surface area contributed by atoms with Crippen LogP contribution in [0.3, 0.4) is 0 Å². The van der Waals surface area contributed by atoms with Gasteiger partial charge in [0.05, 0.1) is 11.6 Å². The Morgan fingerprint density at radius 1 is 1.26 bits per heavy atom. The van der Waals surface area contributed by atoms with Gasteiger partial charge in [0.2, 0.25) is 11.7 Å². The summed E-state index contributed by atoms with van der Waals surface area (Å²) in [5.41, 5.74) is 3.17. The van der Waals surface area contributed by atoms with Gasteiger partial charge in [0.25, 0.3) is 0 Å². The van der Waals surface area contributed by atoms with E-state index in [0.717, 1.165) is 21.5 Å². The van der Waals surface area contributed by atoms with Crippen molar-refractivity contribution in [1.29, 1.82) is 0 Å². The summed E-state index contributed by atoms with van der Waals surface area (Å²) in [5, 5.41) is 0. The SMILES string of the molecule is Cc1cc(C(=O)COC(=O)CN2CSCC2=O)c(C)n1-c1cccc(Br)c1. The molecule has 8 heteroatoms. The number of hydrogen-bond acceptors (Lipinski definition) is 5. The average molecular weight is 451 g/mol. The second kappa shape index (κ2) is 8.31. The number of aryl methyl sites for hydroxylation is 1. The number of benzene rings is 1. The molecular weight excluding hydrogens is 432 g/mol. The highest BCUT2D eigenvalue weighted by atomic mass is 79.9. The molecule has 1 fully saturated rings. The summed E-state index contributed by atoms with van der Waals surface area (Å²) < 4.78 is 8.02. The Kier molecular flexibility index (Phi) is 6.06. The summed E-state index contributed by atoms with van der Waals surface area (Å²) >= 11 is 4.91. The molecule has 0 atom stereocenters. The zero-order valence-corrected chi connectivity index (χ0v) is 17.4. The van der Waals surface area contributed by atoms with E-state index in [2.05, 4.69) is 15.9 Å². The topological polar surface area (TPSA) is 68.6 Å². The highest BCUT2D eigenvalue weighted by Gasteiger charge is 2.24. The maximum absolute atomic E-state index is 12.6. The molecule has 0 unspecified atom stereocenters. The Morgan fingerprint density at radius 2 is 2.04 bits per heavy atom. The molecule has 0 aliphatic carbocycles. The van der Waals surface area contributed by atoms with E-state index in [0.29, 0.717) is 17.2 Å². The average Bonchev–Trinajstić information content (AvgIpc) is 3.15. The van der Waals surface area contributed by atoms with Gasteiger partial charge in [0.1, 0.15) is 6.54 Å².